The number of methoxy groups -OCH3 is 1. The summed E-state index contributed by atoms with van der Waals surface area (Å²) in [6.07, 6.45) is -4.43. The van der Waals surface area contributed by atoms with Crippen LogP contribution in [0.2, 0.25) is 5.02 Å². The van der Waals surface area contributed by atoms with Crippen molar-refractivity contribution in [2.75, 3.05) is 7.11 Å². The lowest BCUT2D eigenvalue weighted by molar-refractivity contribution is -0.137. The molecule has 0 aliphatic carbocycles. The number of ether oxygens (including phenoxy) is 1. The zero-order valence-electron chi connectivity index (χ0n) is 15.3. The van der Waals surface area contributed by atoms with Gasteiger partial charge in [-0.25, -0.2) is 4.98 Å². The first-order valence-electron chi connectivity index (χ1n) is 8.77. The third kappa shape index (κ3) is 3.91. The van der Waals surface area contributed by atoms with Crippen LogP contribution in [0.25, 0.3) is 33.3 Å². The highest BCUT2D eigenvalue weighted by molar-refractivity contribution is 6.30. The van der Waals surface area contributed by atoms with Gasteiger partial charge in [-0.15, -0.1) is 0 Å². The van der Waals surface area contributed by atoms with Crippen LogP contribution >= 0.6 is 11.6 Å². The normalized spacial score (nSPS) is 11.6. The fraction of sp³-hybridized carbons (Fsp3) is 0.0870. The lowest BCUT2D eigenvalue weighted by Crippen LogP contribution is -2.04. The number of halogens is 4. The molecule has 0 atom stereocenters. The van der Waals surface area contributed by atoms with Crippen LogP contribution in [0.5, 0.6) is 5.75 Å². The van der Waals surface area contributed by atoms with Gasteiger partial charge in [0.1, 0.15) is 5.75 Å². The van der Waals surface area contributed by atoms with E-state index in [1.54, 1.807) is 37.4 Å². The van der Waals surface area contributed by atoms with Crippen LogP contribution in [0.15, 0.2) is 72.8 Å². The Morgan fingerprint density at radius 2 is 1.48 bits per heavy atom. The standard InChI is InChI=1S/C23H15ClF3NO/c1-29-18-9-4-15(5-10-18)22-13-19(14-2-7-17(24)8-3-14)20-12-16(23(25,26)27)6-11-21(20)28-22/h2-13H,1H3. The number of aromatic nitrogens is 1. The van der Waals surface area contributed by atoms with Gasteiger partial charge in [0.15, 0.2) is 0 Å². The maximum atomic E-state index is 13.3. The summed E-state index contributed by atoms with van der Waals surface area (Å²) in [5.74, 6) is 0.710. The summed E-state index contributed by atoms with van der Waals surface area (Å²) < 4.78 is 45.0. The van der Waals surface area contributed by atoms with Crippen molar-refractivity contribution in [2.45, 2.75) is 6.18 Å². The molecule has 146 valence electrons. The SMILES string of the molecule is COc1ccc(-c2cc(-c3ccc(Cl)cc3)c3cc(C(F)(F)F)ccc3n2)cc1. The second-order valence-electron chi connectivity index (χ2n) is 6.52. The summed E-state index contributed by atoms with van der Waals surface area (Å²) in [7, 11) is 1.58. The number of benzene rings is 3. The fourth-order valence-electron chi connectivity index (χ4n) is 3.18. The molecule has 6 heteroatoms. The second kappa shape index (κ2) is 7.41. The molecule has 0 unspecified atom stereocenters. The lowest BCUT2D eigenvalue weighted by Gasteiger charge is -2.13. The molecule has 0 fully saturated rings. The number of fused-ring (bicyclic) bond motifs is 1. The first kappa shape index (κ1) is 19.3. The number of nitrogens with zero attached hydrogens (tertiary/aromatic N) is 1. The van der Waals surface area contributed by atoms with Crippen molar-refractivity contribution in [2.24, 2.45) is 0 Å². The monoisotopic (exact) mass is 413 g/mol. The molecule has 0 amide bonds. The van der Waals surface area contributed by atoms with Crippen LogP contribution in [0.1, 0.15) is 5.56 Å². The molecule has 29 heavy (non-hydrogen) atoms. The Morgan fingerprint density at radius 1 is 0.828 bits per heavy atom. The summed E-state index contributed by atoms with van der Waals surface area (Å²) in [6, 6.07) is 19.8. The summed E-state index contributed by atoms with van der Waals surface area (Å²) in [5, 5.41) is 0.984. The number of hydrogen-bond acceptors (Lipinski definition) is 2. The average molecular weight is 414 g/mol. The van der Waals surface area contributed by atoms with Crippen molar-refractivity contribution in [1.29, 1.82) is 0 Å². The molecular weight excluding hydrogens is 399 g/mol. The molecule has 0 N–H and O–H groups in total. The van der Waals surface area contributed by atoms with Crippen molar-refractivity contribution in [3.8, 4) is 28.1 Å². The molecule has 0 spiro atoms. The van der Waals surface area contributed by atoms with E-state index in [9.17, 15) is 13.2 Å². The molecule has 0 bridgehead atoms. The first-order chi connectivity index (χ1) is 13.8. The minimum absolute atomic E-state index is 0.430. The zero-order valence-corrected chi connectivity index (χ0v) is 16.1. The van der Waals surface area contributed by atoms with Crippen LogP contribution in [-0.2, 0) is 6.18 Å². The minimum atomic E-state index is -4.43. The van der Waals surface area contributed by atoms with Gasteiger partial charge in [0.05, 0.1) is 23.9 Å². The Labute approximate surface area is 170 Å². The van der Waals surface area contributed by atoms with E-state index in [0.717, 1.165) is 23.3 Å². The third-order valence-corrected chi connectivity index (χ3v) is 4.93. The van der Waals surface area contributed by atoms with E-state index in [0.29, 0.717) is 32.9 Å². The average Bonchev–Trinajstić information content (AvgIpc) is 2.72. The molecule has 0 aliphatic heterocycles. The van der Waals surface area contributed by atoms with E-state index in [1.165, 1.54) is 6.07 Å². The lowest BCUT2D eigenvalue weighted by atomic mass is 9.97. The molecule has 0 radical (unpaired) electrons. The van der Waals surface area contributed by atoms with Gasteiger partial charge in [0.25, 0.3) is 0 Å². The van der Waals surface area contributed by atoms with E-state index in [-0.39, 0.29) is 0 Å². The van der Waals surface area contributed by atoms with E-state index in [1.807, 2.05) is 24.3 Å². The van der Waals surface area contributed by atoms with Crippen LogP contribution in [-0.4, -0.2) is 12.1 Å². The number of rotatable bonds is 3. The van der Waals surface area contributed by atoms with Crippen LogP contribution in [0.4, 0.5) is 13.2 Å². The smallest absolute Gasteiger partial charge is 0.416 e. The molecule has 2 nitrogen and oxygen atoms in total. The van der Waals surface area contributed by atoms with E-state index >= 15 is 0 Å². The van der Waals surface area contributed by atoms with Crippen LogP contribution in [0, 0.1) is 0 Å². The van der Waals surface area contributed by atoms with Crippen molar-refractivity contribution < 1.29 is 17.9 Å². The van der Waals surface area contributed by atoms with Crippen molar-refractivity contribution >= 4 is 22.5 Å². The van der Waals surface area contributed by atoms with Crippen LogP contribution < -0.4 is 4.74 Å². The Morgan fingerprint density at radius 3 is 2.10 bits per heavy atom. The summed E-state index contributed by atoms with van der Waals surface area (Å²) in [6.45, 7) is 0. The van der Waals surface area contributed by atoms with Gasteiger partial charge in [-0.2, -0.15) is 13.2 Å². The molecule has 0 aliphatic rings. The molecule has 0 saturated heterocycles. The van der Waals surface area contributed by atoms with Gasteiger partial charge < -0.3 is 4.74 Å². The summed E-state index contributed by atoms with van der Waals surface area (Å²) in [5.41, 5.74) is 2.68. The largest absolute Gasteiger partial charge is 0.497 e. The highest BCUT2D eigenvalue weighted by Gasteiger charge is 2.30. The highest BCUT2D eigenvalue weighted by atomic mass is 35.5. The quantitative estimate of drug-likeness (QED) is 0.353. The molecule has 4 rings (SSSR count). The van der Waals surface area contributed by atoms with Gasteiger partial charge in [-0.3, -0.25) is 0 Å². The molecule has 1 aromatic heterocycles. The number of pyridine rings is 1. The maximum absolute atomic E-state index is 13.3. The van der Waals surface area contributed by atoms with E-state index < -0.39 is 11.7 Å². The molecule has 1 heterocycles. The number of hydrogen-bond donors (Lipinski definition) is 0. The zero-order chi connectivity index (χ0) is 20.6. The Kier molecular flexibility index (Phi) is 4.92. The van der Waals surface area contributed by atoms with Crippen LogP contribution in [0.3, 0.4) is 0 Å². The predicted octanol–water partition coefficient (Wildman–Crippen LogP) is 7.25. The van der Waals surface area contributed by atoms with E-state index in [2.05, 4.69) is 4.98 Å². The molecule has 0 saturated carbocycles. The highest BCUT2D eigenvalue weighted by Crippen LogP contribution is 2.37. The Bertz CT molecular complexity index is 1170. The Balaban J connectivity index is 1.96. The van der Waals surface area contributed by atoms with Crippen molar-refractivity contribution in [3.63, 3.8) is 0 Å². The van der Waals surface area contributed by atoms with Gasteiger partial charge in [0.2, 0.25) is 0 Å². The van der Waals surface area contributed by atoms with Gasteiger partial charge in [-0.1, -0.05) is 23.7 Å². The third-order valence-electron chi connectivity index (χ3n) is 4.68. The summed E-state index contributed by atoms with van der Waals surface area (Å²) >= 11 is 5.99. The minimum Gasteiger partial charge on any atom is -0.497 e. The van der Waals surface area contributed by atoms with Gasteiger partial charge in [-0.05, 0) is 71.8 Å². The predicted molar refractivity (Wildman–Crippen MR) is 109 cm³/mol. The van der Waals surface area contributed by atoms with Crippen molar-refractivity contribution in [3.05, 3.63) is 83.4 Å². The number of alkyl halides is 3. The fourth-order valence-corrected chi connectivity index (χ4v) is 3.31. The molecule has 3 aromatic carbocycles. The topological polar surface area (TPSA) is 22.1 Å². The van der Waals surface area contributed by atoms with Gasteiger partial charge in [0, 0.05) is 16.0 Å². The van der Waals surface area contributed by atoms with E-state index in [4.69, 9.17) is 16.3 Å². The molecular formula is C23H15ClF3NO. The first-order valence-corrected chi connectivity index (χ1v) is 9.15. The second-order valence-corrected chi connectivity index (χ2v) is 6.96. The summed E-state index contributed by atoms with van der Waals surface area (Å²) in [4.78, 5) is 4.59. The van der Waals surface area contributed by atoms with Gasteiger partial charge >= 0.3 is 6.18 Å². The maximum Gasteiger partial charge on any atom is 0.416 e. The van der Waals surface area contributed by atoms with Crippen molar-refractivity contribution in [1.82, 2.24) is 4.98 Å². The Hall–Kier alpha value is -3.05. The molecule has 4 aromatic rings.